The van der Waals surface area contributed by atoms with E-state index in [0.29, 0.717) is 19.5 Å². The Balaban J connectivity index is 1.73. The molecule has 1 aromatic rings. The van der Waals surface area contributed by atoms with E-state index in [4.69, 9.17) is 9.52 Å². The molecule has 2 saturated heterocycles. The van der Waals surface area contributed by atoms with Crippen molar-refractivity contribution in [3.8, 4) is 0 Å². The van der Waals surface area contributed by atoms with Crippen LogP contribution in [0, 0.1) is 5.41 Å². The van der Waals surface area contributed by atoms with Crippen LogP contribution >= 0.6 is 0 Å². The third-order valence-electron chi connectivity index (χ3n) is 4.72. The SMILES string of the molecule is O=C(CO)N1CCC(F)C2(CCN(C(=O)c3ccco3)C2)C1. The van der Waals surface area contributed by atoms with Gasteiger partial charge in [0, 0.05) is 31.6 Å². The summed E-state index contributed by atoms with van der Waals surface area (Å²) in [5.74, 6) is -0.395. The molecule has 0 radical (unpaired) electrons. The van der Waals surface area contributed by atoms with E-state index in [1.165, 1.54) is 11.2 Å². The third kappa shape index (κ3) is 2.49. The predicted molar refractivity (Wildman–Crippen MR) is 74.8 cm³/mol. The highest BCUT2D eigenvalue weighted by molar-refractivity contribution is 5.91. The first-order valence-electron chi connectivity index (χ1n) is 7.41. The molecule has 3 heterocycles. The van der Waals surface area contributed by atoms with Crippen molar-refractivity contribution in [2.75, 3.05) is 32.8 Å². The second-order valence-electron chi connectivity index (χ2n) is 6.05. The summed E-state index contributed by atoms with van der Waals surface area (Å²) in [5.41, 5.74) is -0.731. The molecule has 7 heteroatoms. The van der Waals surface area contributed by atoms with Crippen LogP contribution in [0.3, 0.4) is 0 Å². The fourth-order valence-corrected chi connectivity index (χ4v) is 3.46. The molecule has 2 atom stereocenters. The molecule has 2 fully saturated rings. The molecule has 1 spiro atoms. The number of aliphatic hydroxyl groups is 1. The maximum Gasteiger partial charge on any atom is 0.289 e. The smallest absolute Gasteiger partial charge is 0.289 e. The van der Waals surface area contributed by atoms with Gasteiger partial charge in [0.2, 0.25) is 5.91 Å². The van der Waals surface area contributed by atoms with Gasteiger partial charge in [-0.05, 0) is 25.0 Å². The van der Waals surface area contributed by atoms with Gasteiger partial charge in [-0.2, -0.15) is 0 Å². The van der Waals surface area contributed by atoms with Gasteiger partial charge in [0.25, 0.3) is 5.91 Å². The van der Waals surface area contributed by atoms with E-state index in [1.807, 2.05) is 0 Å². The minimum Gasteiger partial charge on any atom is -0.459 e. The monoisotopic (exact) mass is 310 g/mol. The van der Waals surface area contributed by atoms with Crippen molar-refractivity contribution in [3.63, 3.8) is 0 Å². The number of carbonyl (C=O) groups is 2. The van der Waals surface area contributed by atoms with E-state index in [0.717, 1.165) is 0 Å². The first kappa shape index (κ1) is 15.0. The van der Waals surface area contributed by atoms with Crippen LogP contribution in [-0.2, 0) is 4.79 Å². The minimum atomic E-state index is -1.05. The fourth-order valence-electron chi connectivity index (χ4n) is 3.46. The fraction of sp³-hybridized carbons (Fsp3) is 0.600. The van der Waals surface area contributed by atoms with Gasteiger partial charge in [0.1, 0.15) is 12.8 Å². The number of hydrogen-bond acceptors (Lipinski definition) is 4. The van der Waals surface area contributed by atoms with Gasteiger partial charge in [-0.3, -0.25) is 9.59 Å². The zero-order valence-electron chi connectivity index (χ0n) is 12.2. The first-order valence-corrected chi connectivity index (χ1v) is 7.41. The Morgan fingerprint density at radius 3 is 2.82 bits per heavy atom. The van der Waals surface area contributed by atoms with E-state index < -0.39 is 18.2 Å². The number of likely N-dealkylation sites (tertiary alicyclic amines) is 2. The van der Waals surface area contributed by atoms with Crippen LogP contribution < -0.4 is 0 Å². The summed E-state index contributed by atoms with van der Waals surface area (Å²) >= 11 is 0. The molecule has 1 aromatic heterocycles. The van der Waals surface area contributed by atoms with Crippen molar-refractivity contribution in [1.82, 2.24) is 9.80 Å². The number of nitrogens with zero attached hydrogens (tertiary/aromatic N) is 2. The summed E-state index contributed by atoms with van der Waals surface area (Å²) < 4.78 is 19.6. The number of amides is 2. The minimum absolute atomic E-state index is 0.242. The lowest BCUT2D eigenvalue weighted by atomic mass is 9.77. The number of hydrogen-bond donors (Lipinski definition) is 1. The Kier molecular flexibility index (Phi) is 3.90. The van der Waals surface area contributed by atoms with Gasteiger partial charge in [-0.1, -0.05) is 0 Å². The van der Waals surface area contributed by atoms with Crippen LogP contribution in [-0.4, -0.2) is 65.7 Å². The predicted octanol–water partition coefficient (Wildman–Crippen LogP) is 0.675. The van der Waals surface area contributed by atoms with Gasteiger partial charge in [0.15, 0.2) is 5.76 Å². The highest BCUT2D eigenvalue weighted by atomic mass is 19.1. The average molecular weight is 310 g/mol. The van der Waals surface area contributed by atoms with Crippen molar-refractivity contribution >= 4 is 11.8 Å². The molecule has 0 aliphatic carbocycles. The Bertz CT molecular complexity index is 562. The lowest BCUT2D eigenvalue weighted by molar-refractivity contribution is -0.139. The van der Waals surface area contributed by atoms with Crippen molar-refractivity contribution in [1.29, 1.82) is 0 Å². The van der Waals surface area contributed by atoms with Crippen LogP contribution in [0.25, 0.3) is 0 Å². The molecule has 120 valence electrons. The quantitative estimate of drug-likeness (QED) is 0.871. The molecule has 2 unspecified atom stereocenters. The van der Waals surface area contributed by atoms with E-state index in [1.54, 1.807) is 17.0 Å². The zero-order valence-corrected chi connectivity index (χ0v) is 12.2. The Labute approximate surface area is 127 Å². The third-order valence-corrected chi connectivity index (χ3v) is 4.72. The first-order chi connectivity index (χ1) is 10.6. The topological polar surface area (TPSA) is 74.0 Å². The molecule has 2 amide bonds. The largest absolute Gasteiger partial charge is 0.459 e. The standard InChI is InChI=1S/C15H19FN2O4/c16-12-3-5-17(13(20)8-19)9-15(12)4-6-18(10-15)14(21)11-2-1-7-22-11/h1-2,7,12,19H,3-6,8-10H2. The van der Waals surface area contributed by atoms with E-state index in [-0.39, 0.29) is 37.1 Å². The number of carbonyl (C=O) groups excluding carboxylic acids is 2. The van der Waals surface area contributed by atoms with Crippen molar-refractivity contribution in [2.45, 2.75) is 19.0 Å². The Morgan fingerprint density at radius 2 is 2.14 bits per heavy atom. The van der Waals surface area contributed by atoms with Gasteiger partial charge in [-0.25, -0.2) is 4.39 Å². The van der Waals surface area contributed by atoms with Crippen LogP contribution in [0.15, 0.2) is 22.8 Å². The summed E-state index contributed by atoms with van der Waals surface area (Å²) in [4.78, 5) is 27.1. The Morgan fingerprint density at radius 1 is 1.36 bits per heavy atom. The number of halogens is 1. The average Bonchev–Trinajstić information content (AvgIpc) is 3.19. The van der Waals surface area contributed by atoms with Gasteiger partial charge in [-0.15, -0.1) is 0 Å². The molecule has 3 rings (SSSR count). The number of furan rings is 1. The molecule has 2 aliphatic heterocycles. The van der Waals surface area contributed by atoms with Gasteiger partial charge in [0.05, 0.1) is 6.26 Å². The van der Waals surface area contributed by atoms with Crippen LogP contribution in [0.5, 0.6) is 0 Å². The molecule has 0 bridgehead atoms. The van der Waals surface area contributed by atoms with Gasteiger partial charge >= 0.3 is 0 Å². The number of rotatable bonds is 2. The summed E-state index contributed by atoms with van der Waals surface area (Å²) in [6, 6.07) is 3.22. The summed E-state index contributed by atoms with van der Waals surface area (Å²) in [6.07, 6.45) is 1.13. The van der Waals surface area contributed by atoms with Crippen molar-refractivity contribution in [2.24, 2.45) is 5.41 Å². The second-order valence-corrected chi connectivity index (χ2v) is 6.05. The second kappa shape index (κ2) is 5.72. The van der Waals surface area contributed by atoms with Gasteiger partial charge < -0.3 is 19.3 Å². The van der Waals surface area contributed by atoms with E-state index >= 15 is 0 Å². The molecule has 6 nitrogen and oxygen atoms in total. The van der Waals surface area contributed by atoms with Crippen molar-refractivity contribution in [3.05, 3.63) is 24.2 Å². The maximum absolute atomic E-state index is 14.5. The molecule has 0 saturated carbocycles. The van der Waals surface area contributed by atoms with Crippen molar-refractivity contribution < 1.29 is 23.5 Å². The lowest BCUT2D eigenvalue weighted by Crippen LogP contribution is -2.54. The Hall–Kier alpha value is -1.89. The maximum atomic E-state index is 14.5. The van der Waals surface area contributed by atoms with Crippen LogP contribution in [0.4, 0.5) is 4.39 Å². The van der Waals surface area contributed by atoms with Crippen LogP contribution in [0.1, 0.15) is 23.4 Å². The number of aliphatic hydroxyl groups excluding tert-OH is 1. The molecule has 22 heavy (non-hydrogen) atoms. The normalized spacial score (nSPS) is 28.4. The number of piperidine rings is 1. The lowest BCUT2D eigenvalue weighted by Gasteiger charge is -2.42. The molecule has 1 N–H and O–H groups in total. The summed E-state index contributed by atoms with van der Waals surface area (Å²) in [5, 5.41) is 8.99. The van der Waals surface area contributed by atoms with E-state index in [2.05, 4.69) is 0 Å². The van der Waals surface area contributed by atoms with E-state index in [9.17, 15) is 14.0 Å². The zero-order chi connectivity index (χ0) is 15.7. The molecular formula is C15H19FN2O4. The highest BCUT2D eigenvalue weighted by Gasteiger charge is 2.50. The molecule has 2 aliphatic rings. The summed E-state index contributed by atoms with van der Waals surface area (Å²) in [7, 11) is 0. The van der Waals surface area contributed by atoms with Crippen LogP contribution in [0.2, 0.25) is 0 Å². The highest BCUT2D eigenvalue weighted by Crippen LogP contribution is 2.41. The molecular weight excluding hydrogens is 291 g/mol. The molecule has 0 aromatic carbocycles. The summed E-state index contributed by atoms with van der Waals surface area (Å²) in [6.45, 7) is 0.704. The number of alkyl halides is 1.